The smallest absolute Gasteiger partial charge is 0.305 e. The summed E-state index contributed by atoms with van der Waals surface area (Å²) in [4.78, 5) is 22.3. The Hall–Kier alpha value is -0.860. The van der Waals surface area contributed by atoms with E-state index in [1.165, 1.54) is 7.11 Å². The van der Waals surface area contributed by atoms with Crippen LogP contribution in [0.1, 0.15) is 32.6 Å². The van der Waals surface area contributed by atoms with Gasteiger partial charge in [-0.3, -0.25) is 9.59 Å². The molecule has 1 aliphatic carbocycles. The topological polar surface area (TPSA) is 43.4 Å². The lowest BCUT2D eigenvalue weighted by molar-refractivity contribution is -0.141. The molecule has 0 aromatic rings. The molecule has 0 unspecified atom stereocenters. The highest BCUT2D eigenvalue weighted by Gasteiger charge is 2.30. The maximum absolute atomic E-state index is 11.5. The molecule has 0 aromatic carbocycles. The number of carbonyl (C=O) groups is 2. The largest absolute Gasteiger partial charge is 0.469 e. The lowest BCUT2D eigenvalue weighted by Crippen LogP contribution is -2.13. The molecule has 0 N–H and O–H groups in total. The van der Waals surface area contributed by atoms with Crippen LogP contribution in [0, 0.1) is 11.8 Å². The molecular formula is C10H16O3. The summed E-state index contributed by atoms with van der Waals surface area (Å²) in [6.07, 6.45) is 2.96. The van der Waals surface area contributed by atoms with Gasteiger partial charge in [0.1, 0.15) is 5.78 Å². The SMILES string of the molecule is COC(=O)CC[C@@H]1CC[C@H](C)C1=O. The molecule has 1 rings (SSSR count). The van der Waals surface area contributed by atoms with E-state index in [0.29, 0.717) is 18.6 Å². The standard InChI is InChI=1S/C10H16O3/c1-7-3-4-8(10(7)12)5-6-9(11)13-2/h7-8H,3-6H2,1-2H3/t7-,8-/m0/s1. The van der Waals surface area contributed by atoms with Crippen LogP contribution >= 0.6 is 0 Å². The van der Waals surface area contributed by atoms with Gasteiger partial charge in [0.05, 0.1) is 7.11 Å². The molecule has 1 fully saturated rings. The van der Waals surface area contributed by atoms with E-state index in [0.717, 1.165) is 12.8 Å². The number of hydrogen-bond acceptors (Lipinski definition) is 3. The first-order chi connectivity index (χ1) is 6.15. The number of methoxy groups -OCH3 is 1. The summed E-state index contributed by atoms with van der Waals surface area (Å²) in [5, 5.41) is 0. The third-order valence-electron chi connectivity index (χ3n) is 2.76. The van der Waals surface area contributed by atoms with Gasteiger partial charge in [-0.05, 0) is 19.3 Å². The predicted octanol–water partition coefficient (Wildman–Crippen LogP) is 1.55. The fourth-order valence-corrected chi connectivity index (χ4v) is 1.82. The Bertz CT molecular complexity index is 210. The Morgan fingerprint density at radius 2 is 2.23 bits per heavy atom. The van der Waals surface area contributed by atoms with E-state index in [-0.39, 0.29) is 17.8 Å². The highest BCUT2D eigenvalue weighted by Crippen LogP contribution is 2.29. The molecule has 3 nitrogen and oxygen atoms in total. The summed E-state index contributed by atoms with van der Waals surface area (Å²) in [7, 11) is 1.38. The van der Waals surface area contributed by atoms with E-state index in [9.17, 15) is 9.59 Å². The molecule has 0 bridgehead atoms. The monoisotopic (exact) mass is 184 g/mol. The van der Waals surface area contributed by atoms with Crippen molar-refractivity contribution in [2.45, 2.75) is 32.6 Å². The molecule has 0 radical (unpaired) electrons. The number of Topliss-reactive ketones (excluding diaryl/α,β-unsaturated/α-hetero) is 1. The van der Waals surface area contributed by atoms with Crippen molar-refractivity contribution in [3.05, 3.63) is 0 Å². The highest BCUT2D eigenvalue weighted by molar-refractivity contribution is 5.85. The Balaban J connectivity index is 2.30. The number of ether oxygens (including phenoxy) is 1. The molecule has 0 heterocycles. The van der Waals surface area contributed by atoms with E-state index in [2.05, 4.69) is 4.74 Å². The third kappa shape index (κ3) is 2.54. The molecular weight excluding hydrogens is 168 g/mol. The summed E-state index contributed by atoms with van der Waals surface area (Å²) in [6.45, 7) is 1.96. The zero-order valence-electron chi connectivity index (χ0n) is 8.21. The second kappa shape index (κ2) is 4.40. The maximum atomic E-state index is 11.5. The molecule has 3 heteroatoms. The van der Waals surface area contributed by atoms with Crippen LogP contribution in [0.4, 0.5) is 0 Å². The van der Waals surface area contributed by atoms with Gasteiger partial charge in [-0.25, -0.2) is 0 Å². The Kier molecular flexibility index (Phi) is 3.46. The molecule has 0 amide bonds. The second-order valence-corrected chi connectivity index (χ2v) is 3.69. The van der Waals surface area contributed by atoms with E-state index in [1.807, 2.05) is 6.92 Å². The van der Waals surface area contributed by atoms with Gasteiger partial charge in [0, 0.05) is 18.3 Å². The summed E-state index contributed by atoms with van der Waals surface area (Å²) in [6, 6.07) is 0. The molecule has 1 aliphatic rings. The molecule has 2 atom stereocenters. The molecule has 74 valence electrons. The van der Waals surface area contributed by atoms with Crippen LogP contribution in [0.15, 0.2) is 0 Å². The Morgan fingerprint density at radius 3 is 2.69 bits per heavy atom. The van der Waals surface area contributed by atoms with Crippen molar-refractivity contribution in [3.63, 3.8) is 0 Å². The average Bonchev–Trinajstić information content (AvgIpc) is 2.44. The van der Waals surface area contributed by atoms with Crippen molar-refractivity contribution in [1.82, 2.24) is 0 Å². The Morgan fingerprint density at radius 1 is 1.54 bits per heavy atom. The quantitative estimate of drug-likeness (QED) is 0.625. The minimum absolute atomic E-state index is 0.106. The van der Waals surface area contributed by atoms with Crippen LogP contribution in [0.5, 0.6) is 0 Å². The van der Waals surface area contributed by atoms with Crippen molar-refractivity contribution in [3.8, 4) is 0 Å². The summed E-state index contributed by atoms with van der Waals surface area (Å²) in [5.41, 5.74) is 0. The van der Waals surface area contributed by atoms with Crippen LogP contribution < -0.4 is 0 Å². The zero-order valence-corrected chi connectivity index (χ0v) is 8.21. The summed E-state index contributed by atoms with van der Waals surface area (Å²) < 4.78 is 4.52. The fourth-order valence-electron chi connectivity index (χ4n) is 1.82. The lowest BCUT2D eigenvalue weighted by Gasteiger charge is -2.06. The number of ketones is 1. The van der Waals surface area contributed by atoms with Crippen LogP contribution in [0.2, 0.25) is 0 Å². The van der Waals surface area contributed by atoms with Gasteiger partial charge in [0.15, 0.2) is 0 Å². The zero-order chi connectivity index (χ0) is 9.84. The maximum Gasteiger partial charge on any atom is 0.305 e. The summed E-state index contributed by atoms with van der Waals surface area (Å²) in [5.74, 6) is 0.410. The minimum Gasteiger partial charge on any atom is -0.469 e. The number of carbonyl (C=O) groups excluding carboxylic acids is 2. The third-order valence-corrected chi connectivity index (χ3v) is 2.76. The predicted molar refractivity (Wildman–Crippen MR) is 48.1 cm³/mol. The van der Waals surface area contributed by atoms with Crippen molar-refractivity contribution < 1.29 is 14.3 Å². The summed E-state index contributed by atoms with van der Waals surface area (Å²) >= 11 is 0. The second-order valence-electron chi connectivity index (χ2n) is 3.69. The molecule has 0 aliphatic heterocycles. The van der Waals surface area contributed by atoms with Gasteiger partial charge in [0.25, 0.3) is 0 Å². The molecule has 1 saturated carbocycles. The first-order valence-corrected chi connectivity index (χ1v) is 4.75. The van der Waals surface area contributed by atoms with Crippen molar-refractivity contribution in [1.29, 1.82) is 0 Å². The normalized spacial score (nSPS) is 27.7. The fraction of sp³-hybridized carbons (Fsp3) is 0.800. The average molecular weight is 184 g/mol. The van der Waals surface area contributed by atoms with E-state index in [4.69, 9.17) is 0 Å². The molecule has 0 spiro atoms. The first kappa shape index (κ1) is 10.2. The van der Waals surface area contributed by atoms with Gasteiger partial charge in [-0.15, -0.1) is 0 Å². The minimum atomic E-state index is -0.215. The molecule has 0 aromatic heterocycles. The highest BCUT2D eigenvalue weighted by atomic mass is 16.5. The van der Waals surface area contributed by atoms with Crippen molar-refractivity contribution in [2.75, 3.05) is 7.11 Å². The van der Waals surface area contributed by atoms with Crippen molar-refractivity contribution in [2.24, 2.45) is 11.8 Å². The van der Waals surface area contributed by atoms with Crippen LogP contribution in [0.3, 0.4) is 0 Å². The van der Waals surface area contributed by atoms with E-state index in [1.54, 1.807) is 0 Å². The Labute approximate surface area is 78.5 Å². The van der Waals surface area contributed by atoms with Crippen LogP contribution in [-0.2, 0) is 14.3 Å². The molecule has 0 saturated heterocycles. The van der Waals surface area contributed by atoms with Crippen LogP contribution in [0.25, 0.3) is 0 Å². The number of esters is 1. The van der Waals surface area contributed by atoms with Gasteiger partial charge >= 0.3 is 5.97 Å². The van der Waals surface area contributed by atoms with Crippen molar-refractivity contribution >= 4 is 11.8 Å². The number of hydrogen-bond donors (Lipinski definition) is 0. The number of rotatable bonds is 3. The van der Waals surface area contributed by atoms with E-state index >= 15 is 0 Å². The lowest BCUT2D eigenvalue weighted by atomic mass is 9.99. The van der Waals surface area contributed by atoms with Gasteiger partial charge < -0.3 is 4.74 Å². The van der Waals surface area contributed by atoms with Gasteiger partial charge in [0.2, 0.25) is 0 Å². The van der Waals surface area contributed by atoms with Crippen LogP contribution in [-0.4, -0.2) is 18.9 Å². The van der Waals surface area contributed by atoms with Gasteiger partial charge in [-0.1, -0.05) is 6.92 Å². The molecule has 13 heavy (non-hydrogen) atoms. The van der Waals surface area contributed by atoms with E-state index < -0.39 is 0 Å². The first-order valence-electron chi connectivity index (χ1n) is 4.75. The van der Waals surface area contributed by atoms with Gasteiger partial charge in [-0.2, -0.15) is 0 Å².